The summed E-state index contributed by atoms with van der Waals surface area (Å²) in [6.45, 7) is 1.58. The predicted octanol–water partition coefficient (Wildman–Crippen LogP) is 2.34. The molecule has 0 aromatic carbocycles. The van der Waals surface area contributed by atoms with Gasteiger partial charge in [-0.2, -0.15) is 0 Å². The molecule has 1 heterocycles. The van der Waals surface area contributed by atoms with Gasteiger partial charge in [0.2, 0.25) is 0 Å². The van der Waals surface area contributed by atoms with Crippen LogP contribution in [0.4, 0.5) is 0 Å². The molecule has 3 N–H and O–H groups in total. The number of carbonyl (C=O) groups is 1. The molecular formula is C25H37O6-. The Labute approximate surface area is 185 Å². The summed E-state index contributed by atoms with van der Waals surface area (Å²) in [7, 11) is 0. The summed E-state index contributed by atoms with van der Waals surface area (Å²) in [5.41, 5.74) is -1.85. The molecule has 2 rings (SSSR count). The second kappa shape index (κ2) is 13.0. The van der Waals surface area contributed by atoms with Gasteiger partial charge in [0, 0.05) is 25.0 Å². The van der Waals surface area contributed by atoms with Crippen LogP contribution < -0.4 is 5.11 Å². The molecule has 1 aliphatic heterocycles. The van der Waals surface area contributed by atoms with Gasteiger partial charge in [0.15, 0.2) is 0 Å². The summed E-state index contributed by atoms with van der Waals surface area (Å²) in [4.78, 5) is 11.5. The monoisotopic (exact) mass is 433 g/mol. The molecule has 0 aromatic rings. The van der Waals surface area contributed by atoms with E-state index < -0.39 is 29.9 Å². The zero-order chi connectivity index (χ0) is 22.7. The fourth-order valence-electron chi connectivity index (χ4n) is 4.16. The van der Waals surface area contributed by atoms with Crippen molar-refractivity contribution >= 4 is 5.97 Å². The van der Waals surface area contributed by atoms with Gasteiger partial charge in [-0.1, -0.05) is 68.7 Å². The highest BCUT2D eigenvalue weighted by atomic mass is 16.5. The van der Waals surface area contributed by atoms with Gasteiger partial charge in [0.1, 0.15) is 6.10 Å². The second-order valence-electron chi connectivity index (χ2n) is 8.62. The zero-order valence-electron chi connectivity index (χ0n) is 18.4. The van der Waals surface area contributed by atoms with E-state index in [1.165, 1.54) is 50.3 Å². The van der Waals surface area contributed by atoms with Crippen molar-refractivity contribution in [1.82, 2.24) is 0 Å². The molecule has 174 valence electrons. The Morgan fingerprint density at radius 1 is 1.26 bits per heavy atom. The second-order valence-corrected chi connectivity index (χ2v) is 8.62. The van der Waals surface area contributed by atoms with Crippen LogP contribution in [-0.4, -0.2) is 51.8 Å². The lowest BCUT2D eigenvalue weighted by Gasteiger charge is -2.39. The van der Waals surface area contributed by atoms with Crippen LogP contribution in [0, 0.1) is 11.8 Å². The highest BCUT2D eigenvalue weighted by Crippen LogP contribution is 2.26. The number of aliphatic hydroxyl groups is 3. The molecule has 1 aliphatic carbocycles. The number of cyclic esters (lactones) is 1. The average Bonchev–Trinajstić information content (AvgIpc) is 2.76. The number of aliphatic hydroxyl groups excluding tert-OH is 2. The number of ether oxygens (including phenoxy) is 1. The maximum absolute atomic E-state index is 12.8. The van der Waals surface area contributed by atoms with E-state index in [2.05, 4.69) is 6.08 Å². The molecule has 5 unspecified atom stereocenters. The normalized spacial score (nSPS) is 27.1. The minimum absolute atomic E-state index is 0.0399. The first-order valence-electron chi connectivity index (χ1n) is 11.5. The van der Waals surface area contributed by atoms with Gasteiger partial charge < -0.3 is 25.2 Å². The predicted molar refractivity (Wildman–Crippen MR) is 118 cm³/mol. The van der Waals surface area contributed by atoms with Gasteiger partial charge >= 0.3 is 5.97 Å². The lowest BCUT2D eigenvalue weighted by atomic mass is 9.87. The summed E-state index contributed by atoms with van der Waals surface area (Å²) in [6, 6.07) is 0. The maximum atomic E-state index is 12.8. The van der Waals surface area contributed by atoms with Crippen LogP contribution in [0.2, 0.25) is 0 Å². The van der Waals surface area contributed by atoms with E-state index in [0.29, 0.717) is 5.92 Å². The van der Waals surface area contributed by atoms with Crippen LogP contribution in [-0.2, 0) is 9.53 Å². The fraction of sp³-hybridized carbons (Fsp3) is 0.640. The summed E-state index contributed by atoms with van der Waals surface area (Å²) in [6.07, 6.45) is 16.8. The summed E-state index contributed by atoms with van der Waals surface area (Å²) in [5, 5.41) is 43.2. The minimum atomic E-state index is -1.85. The van der Waals surface area contributed by atoms with Crippen LogP contribution in [0.25, 0.3) is 0 Å². The molecule has 0 amide bonds. The Balaban J connectivity index is 1.95. The highest BCUT2D eigenvalue weighted by molar-refractivity contribution is 5.83. The number of allylic oxidation sites excluding steroid dienone is 3. The summed E-state index contributed by atoms with van der Waals surface area (Å²) in [5.74, 6) is 0.0747. The Kier molecular flexibility index (Phi) is 10.7. The molecule has 1 saturated carbocycles. The first kappa shape index (κ1) is 25.5. The van der Waals surface area contributed by atoms with Gasteiger partial charge in [-0.3, -0.25) is 0 Å². The van der Waals surface area contributed by atoms with Crippen LogP contribution in [0.1, 0.15) is 58.3 Å². The van der Waals surface area contributed by atoms with E-state index in [0.717, 1.165) is 6.42 Å². The van der Waals surface area contributed by atoms with Crippen molar-refractivity contribution in [2.45, 2.75) is 82.2 Å². The molecule has 31 heavy (non-hydrogen) atoms. The first-order chi connectivity index (χ1) is 14.9. The van der Waals surface area contributed by atoms with Crippen LogP contribution in [0.3, 0.4) is 0 Å². The third kappa shape index (κ3) is 8.37. The first-order valence-corrected chi connectivity index (χ1v) is 11.5. The molecule has 0 bridgehead atoms. The van der Waals surface area contributed by atoms with Crippen molar-refractivity contribution in [3.05, 3.63) is 48.6 Å². The van der Waals surface area contributed by atoms with Gasteiger partial charge in [-0.15, -0.1) is 0 Å². The van der Waals surface area contributed by atoms with E-state index >= 15 is 0 Å². The number of hydrogen-bond acceptors (Lipinski definition) is 6. The number of esters is 1. The lowest BCUT2D eigenvalue weighted by molar-refractivity contribution is -0.452. The Morgan fingerprint density at radius 2 is 2.00 bits per heavy atom. The van der Waals surface area contributed by atoms with E-state index in [9.17, 15) is 25.2 Å². The Hall–Kier alpha value is -1.73. The van der Waals surface area contributed by atoms with Crippen molar-refractivity contribution in [3.63, 3.8) is 0 Å². The topological polar surface area (TPSA) is 110 Å². The molecule has 0 radical (unpaired) electrons. The molecule has 2 aliphatic rings. The smallest absolute Gasteiger partial charge is 0.331 e. The average molecular weight is 434 g/mol. The molecule has 1 fully saturated rings. The van der Waals surface area contributed by atoms with Crippen molar-refractivity contribution in [1.29, 1.82) is 0 Å². The molecule has 5 atom stereocenters. The van der Waals surface area contributed by atoms with Crippen LogP contribution in [0.5, 0.6) is 0 Å². The van der Waals surface area contributed by atoms with Crippen molar-refractivity contribution in [2.24, 2.45) is 11.8 Å². The quantitative estimate of drug-likeness (QED) is 0.262. The van der Waals surface area contributed by atoms with Crippen LogP contribution >= 0.6 is 0 Å². The molecule has 0 aromatic heterocycles. The number of rotatable bonds is 11. The molecule has 0 saturated heterocycles. The molecule has 6 nitrogen and oxygen atoms in total. The van der Waals surface area contributed by atoms with Gasteiger partial charge in [-0.25, -0.2) is 4.79 Å². The van der Waals surface area contributed by atoms with E-state index in [1.54, 1.807) is 18.2 Å². The van der Waals surface area contributed by atoms with E-state index in [1.807, 2.05) is 13.0 Å². The fourth-order valence-corrected chi connectivity index (χ4v) is 4.16. The third-order valence-corrected chi connectivity index (χ3v) is 6.20. The molecular weight excluding hydrogens is 396 g/mol. The summed E-state index contributed by atoms with van der Waals surface area (Å²) < 4.78 is 5.28. The zero-order valence-corrected chi connectivity index (χ0v) is 18.4. The van der Waals surface area contributed by atoms with Gasteiger partial charge in [0.05, 0.1) is 11.7 Å². The Bertz CT molecular complexity index is 661. The number of carbonyl (C=O) groups excluding carboxylic acids is 1. The molecule has 0 spiro atoms. The van der Waals surface area contributed by atoms with Crippen molar-refractivity contribution in [3.8, 4) is 0 Å². The SMILES string of the molecule is CCC1C=CC(=O)OC1/C=C/C(O)(CCO)C([O-])CC(O)/C=C\C=C/C1CCCCC1. The van der Waals surface area contributed by atoms with Crippen LogP contribution in [0.15, 0.2) is 48.6 Å². The third-order valence-electron chi connectivity index (χ3n) is 6.20. The van der Waals surface area contributed by atoms with E-state index in [-0.39, 0.29) is 25.4 Å². The standard InChI is InChI=1S/C25H37O6/c1-2-20-12-13-24(29)31-22(20)14-15-25(30,16-17-26)23(28)18-21(27)11-7-6-10-19-8-4-3-5-9-19/h6-7,10-15,19-23,26-27,30H,2-5,8-9,16-18H2,1H3/q-1/b10-6-,11-7-,15-14+. The van der Waals surface area contributed by atoms with E-state index in [4.69, 9.17) is 4.74 Å². The minimum Gasteiger partial charge on any atom is -0.850 e. The maximum Gasteiger partial charge on any atom is 0.331 e. The van der Waals surface area contributed by atoms with Crippen molar-refractivity contribution < 1.29 is 30.0 Å². The Morgan fingerprint density at radius 3 is 2.68 bits per heavy atom. The lowest BCUT2D eigenvalue weighted by Crippen LogP contribution is -2.51. The van der Waals surface area contributed by atoms with Gasteiger partial charge in [-0.05, 0) is 37.7 Å². The largest absolute Gasteiger partial charge is 0.850 e. The molecule has 6 heteroatoms. The highest BCUT2D eigenvalue weighted by Gasteiger charge is 2.29. The van der Waals surface area contributed by atoms with Crippen molar-refractivity contribution in [2.75, 3.05) is 6.61 Å². The van der Waals surface area contributed by atoms with Gasteiger partial charge in [0.25, 0.3) is 0 Å². The summed E-state index contributed by atoms with van der Waals surface area (Å²) >= 11 is 0. The number of hydrogen-bond donors (Lipinski definition) is 3.